The van der Waals surface area contributed by atoms with Gasteiger partial charge in [0.15, 0.2) is 5.82 Å². The lowest BCUT2D eigenvalue weighted by atomic mass is 10.1. The normalized spacial score (nSPS) is 12.3. The summed E-state index contributed by atoms with van der Waals surface area (Å²) in [7, 11) is -4.44. The van der Waals surface area contributed by atoms with E-state index in [0.717, 1.165) is 17.7 Å². The van der Waals surface area contributed by atoms with Crippen LogP contribution in [0, 0.1) is 18.6 Å². The number of aromatic nitrogens is 6. The molecule has 4 N–H and O–H groups in total. The number of nitrogens with one attached hydrogen (secondary N) is 2. The summed E-state index contributed by atoms with van der Waals surface area (Å²) in [4.78, 5) is 25.6. The number of para-hydroxylation sites is 1. The van der Waals surface area contributed by atoms with Crippen molar-refractivity contribution < 1.29 is 17.2 Å². The van der Waals surface area contributed by atoms with E-state index in [2.05, 4.69) is 25.0 Å². The van der Waals surface area contributed by atoms with Gasteiger partial charge in [-0.2, -0.15) is 5.10 Å². The van der Waals surface area contributed by atoms with Crippen molar-refractivity contribution in [3.63, 3.8) is 0 Å². The van der Waals surface area contributed by atoms with Gasteiger partial charge >= 0.3 is 0 Å². The van der Waals surface area contributed by atoms with E-state index in [-0.39, 0.29) is 28.4 Å². The van der Waals surface area contributed by atoms with E-state index in [1.165, 1.54) is 33.9 Å². The van der Waals surface area contributed by atoms with Crippen molar-refractivity contribution in [3.05, 3.63) is 119 Å². The fourth-order valence-corrected chi connectivity index (χ4v) is 6.03. The summed E-state index contributed by atoms with van der Waals surface area (Å²) >= 11 is 0. The highest BCUT2D eigenvalue weighted by atomic mass is 32.2. The van der Waals surface area contributed by atoms with Crippen molar-refractivity contribution in [1.29, 1.82) is 0 Å². The topological polar surface area (TPSA) is 162 Å². The largest absolute Gasteiger partial charge is 0.383 e. The molecular weight excluding hydrogens is 604 g/mol. The first kappa shape index (κ1) is 29.4. The first-order chi connectivity index (χ1) is 21.5. The minimum atomic E-state index is -4.44. The molecule has 6 aromatic rings. The lowest BCUT2D eigenvalue weighted by Gasteiger charge is -2.21. The molecule has 0 spiro atoms. The molecule has 0 saturated heterocycles. The summed E-state index contributed by atoms with van der Waals surface area (Å²) in [6.45, 7) is 3.63. The van der Waals surface area contributed by atoms with Crippen LogP contribution in [-0.4, -0.2) is 37.6 Å². The Bertz CT molecular complexity index is 2240. The number of fused-ring (bicyclic) bond motifs is 1. The highest BCUT2D eigenvalue weighted by Crippen LogP contribution is 2.34. The average Bonchev–Trinajstić information content (AvgIpc) is 3.38. The first-order valence-electron chi connectivity index (χ1n) is 13.5. The van der Waals surface area contributed by atoms with Crippen LogP contribution in [0.3, 0.4) is 0 Å². The molecule has 1 atom stereocenters. The fourth-order valence-electron chi connectivity index (χ4n) is 4.94. The maximum absolute atomic E-state index is 14.3. The Morgan fingerprint density at radius 3 is 2.53 bits per heavy atom. The maximum atomic E-state index is 14.3. The third-order valence-corrected chi connectivity index (χ3v) is 8.42. The molecule has 12 nitrogen and oxygen atoms in total. The molecule has 0 fully saturated rings. The molecule has 2 aromatic carbocycles. The van der Waals surface area contributed by atoms with Crippen molar-refractivity contribution in [2.75, 3.05) is 15.8 Å². The van der Waals surface area contributed by atoms with E-state index < -0.39 is 32.6 Å². The fraction of sp³-hybridized carbons (Fsp3) is 0.100. The zero-order chi connectivity index (χ0) is 31.9. The molecule has 0 unspecified atom stereocenters. The number of hydrogen-bond donors (Lipinski definition) is 3. The van der Waals surface area contributed by atoms with Crippen molar-refractivity contribution >= 4 is 32.9 Å². The number of pyridine rings is 1. The molecule has 0 bridgehead atoms. The summed E-state index contributed by atoms with van der Waals surface area (Å²) in [6, 6.07) is 13.9. The van der Waals surface area contributed by atoms with Crippen LogP contribution < -0.4 is 21.3 Å². The lowest BCUT2D eigenvalue weighted by molar-refractivity contribution is 0.551. The van der Waals surface area contributed by atoms with Gasteiger partial charge in [0.25, 0.3) is 15.6 Å². The van der Waals surface area contributed by atoms with Gasteiger partial charge in [-0.15, -0.1) is 0 Å². The Balaban J connectivity index is 1.39. The summed E-state index contributed by atoms with van der Waals surface area (Å²) in [6.07, 6.45) is 5.60. The third-order valence-electron chi connectivity index (χ3n) is 7.01. The summed E-state index contributed by atoms with van der Waals surface area (Å²) < 4.78 is 58.7. The predicted molar refractivity (Wildman–Crippen MR) is 164 cm³/mol. The zero-order valence-corrected chi connectivity index (χ0v) is 24.6. The highest BCUT2D eigenvalue weighted by Gasteiger charge is 2.23. The molecule has 0 aliphatic rings. The number of nitrogen functional groups attached to an aromatic ring is 1. The van der Waals surface area contributed by atoms with Gasteiger partial charge in [-0.05, 0) is 55.8 Å². The Morgan fingerprint density at radius 1 is 1.00 bits per heavy atom. The Kier molecular flexibility index (Phi) is 7.46. The molecule has 45 heavy (non-hydrogen) atoms. The standard InChI is InChI=1S/C30H25F2N9O3S/c1-17-10-11-40-26(17)30(42)41(22-6-4-3-5-7-22)29(38-40)18(2)37-28-25(27(33)35-16-36-28)19-12-21(15-34-14-19)39-45(43,44)24-9-8-20(31)13-23(24)32/h3-16,18,39H,1-2H3,(H3,33,35,36,37)/t18-/m0/s1. The number of nitrogens with two attached hydrogens (primary N) is 1. The van der Waals surface area contributed by atoms with Gasteiger partial charge in [0.2, 0.25) is 0 Å². The Hall–Kier alpha value is -5.70. The van der Waals surface area contributed by atoms with Crippen LogP contribution in [0.15, 0.2) is 95.3 Å². The van der Waals surface area contributed by atoms with E-state index >= 15 is 0 Å². The van der Waals surface area contributed by atoms with Gasteiger partial charge in [0.05, 0.1) is 29.2 Å². The van der Waals surface area contributed by atoms with Gasteiger partial charge in [-0.25, -0.2) is 31.7 Å². The second-order valence-electron chi connectivity index (χ2n) is 10.1. The van der Waals surface area contributed by atoms with Crippen molar-refractivity contribution in [2.45, 2.75) is 24.8 Å². The summed E-state index contributed by atoms with van der Waals surface area (Å²) in [5.74, 6) is -1.49. The number of rotatable bonds is 8. The quantitative estimate of drug-likeness (QED) is 0.220. The molecule has 0 aliphatic heterocycles. The smallest absolute Gasteiger partial charge is 0.282 e. The van der Waals surface area contributed by atoms with E-state index in [0.29, 0.717) is 28.7 Å². The van der Waals surface area contributed by atoms with Crippen LogP contribution in [0.25, 0.3) is 22.3 Å². The van der Waals surface area contributed by atoms with Crippen LogP contribution >= 0.6 is 0 Å². The van der Waals surface area contributed by atoms with E-state index in [1.54, 1.807) is 25.3 Å². The van der Waals surface area contributed by atoms with Gasteiger partial charge < -0.3 is 11.1 Å². The summed E-state index contributed by atoms with van der Waals surface area (Å²) in [5.41, 5.74) is 8.44. The Morgan fingerprint density at radius 2 is 1.78 bits per heavy atom. The van der Waals surface area contributed by atoms with Crippen LogP contribution in [-0.2, 0) is 10.0 Å². The van der Waals surface area contributed by atoms with Gasteiger partial charge in [-0.1, -0.05) is 18.2 Å². The van der Waals surface area contributed by atoms with E-state index in [9.17, 15) is 22.0 Å². The van der Waals surface area contributed by atoms with Crippen LogP contribution in [0.1, 0.15) is 24.4 Å². The SMILES string of the molecule is Cc1ccn2nc([C@H](C)Nc3ncnc(N)c3-c3cncc(NS(=O)(=O)c4ccc(F)cc4F)c3)n(-c3ccccc3)c(=O)c12. The Labute approximate surface area is 255 Å². The molecule has 4 aromatic heterocycles. The zero-order valence-electron chi connectivity index (χ0n) is 23.8. The lowest BCUT2D eigenvalue weighted by Crippen LogP contribution is -2.29. The molecule has 4 heterocycles. The molecule has 0 amide bonds. The van der Waals surface area contributed by atoms with Gasteiger partial charge in [0.1, 0.15) is 40.0 Å². The molecule has 228 valence electrons. The predicted octanol–water partition coefficient (Wildman–Crippen LogP) is 4.48. The molecule has 6 rings (SSSR count). The molecule has 15 heteroatoms. The monoisotopic (exact) mass is 629 g/mol. The van der Waals surface area contributed by atoms with Crippen molar-refractivity contribution in [1.82, 2.24) is 29.1 Å². The number of aryl methyl sites for hydroxylation is 1. The van der Waals surface area contributed by atoms with Crippen LogP contribution in [0.5, 0.6) is 0 Å². The first-order valence-corrected chi connectivity index (χ1v) is 15.0. The minimum Gasteiger partial charge on any atom is -0.383 e. The number of anilines is 3. The molecule has 0 saturated carbocycles. The molecule has 0 radical (unpaired) electrons. The number of nitrogens with zero attached hydrogens (tertiary/aromatic N) is 6. The van der Waals surface area contributed by atoms with Crippen LogP contribution in [0.2, 0.25) is 0 Å². The average molecular weight is 630 g/mol. The van der Waals surface area contributed by atoms with E-state index in [4.69, 9.17) is 10.8 Å². The number of benzene rings is 2. The van der Waals surface area contributed by atoms with Crippen LogP contribution in [0.4, 0.5) is 26.1 Å². The minimum absolute atomic E-state index is 0.0218. The second kappa shape index (κ2) is 11.4. The summed E-state index contributed by atoms with van der Waals surface area (Å²) in [5, 5.41) is 8.01. The van der Waals surface area contributed by atoms with Gasteiger partial charge in [-0.3, -0.25) is 19.1 Å². The number of halogens is 2. The maximum Gasteiger partial charge on any atom is 0.282 e. The van der Waals surface area contributed by atoms with Crippen molar-refractivity contribution in [3.8, 4) is 16.8 Å². The van der Waals surface area contributed by atoms with Crippen molar-refractivity contribution in [2.24, 2.45) is 0 Å². The second-order valence-corrected chi connectivity index (χ2v) is 11.8. The third kappa shape index (κ3) is 5.56. The highest BCUT2D eigenvalue weighted by molar-refractivity contribution is 7.92. The molecule has 0 aliphatic carbocycles. The number of sulfonamides is 1. The molecular formula is C30H25F2N9O3S. The van der Waals surface area contributed by atoms with Gasteiger partial charge in [0, 0.05) is 24.0 Å². The number of hydrogen-bond acceptors (Lipinski definition) is 9. The van der Waals surface area contributed by atoms with E-state index in [1.807, 2.05) is 31.2 Å².